The van der Waals surface area contributed by atoms with Gasteiger partial charge in [-0.2, -0.15) is 52.7 Å². The first-order valence-electron chi connectivity index (χ1n) is 13.6. The molecule has 21 heteroatoms. The third-order valence-corrected chi connectivity index (χ3v) is 7.25. The van der Waals surface area contributed by atoms with Gasteiger partial charge in [-0.15, -0.1) is 24.8 Å². The number of carbonyl (C=O) groups is 3. The Morgan fingerprint density at radius 1 is 0.510 bits per heavy atom. The van der Waals surface area contributed by atoms with Crippen molar-refractivity contribution in [1.29, 1.82) is 0 Å². The summed E-state index contributed by atoms with van der Waals surface area (Å²) in [4.78, 5) is 42.1. The molecule has 4 amide bonds. The molecule has 0 aliphatic carbocycles. The molecule has 0 saturated carbocycles. The van der Waals surface area contributed by atoms with Gasteiger partial charge in [0.15, 0.2) is 0 Å². The predicted octanol–water partition coefficient (Wildman–Crippen LogP) is 6.87. The fourth-order valence-corrected chi connectivity index (χ4v) is 5.13. The lowest BCUT2D eigenvalue weighted by Gasteiger charge is -2.44. The SMILES string of the molecule is Cl.Cl.NCCCN1C(=O)N(CCCN)C(=O)C(Cc2cc(C(F)(F)F)cc(C(F)(F)F)c2)(Cc2cc(C(F)(F)F)cc(C(F)(F)F)c2)C1=O. The maximum atomic E-state index is 14.0. The van der Waals surface area contributed by atoms with Crippen molar-refractivity contribution in [2.45, 2.75) is 50.4 Å². The molecule has 1 fully saturated rings. The van der Waals surface area contributed by atoms with Gasteiger partial charge < -0.3 is 11.5 Å². The van der Waals surface area contributed by atoms with Gasteiger partial charge in [0.25, 0.3) is 0 Å². The Morgan fingerprint density at radius 2 is 0.776 bits per heavy atom. The van der Waals surface area contributed by atoms with Crippen molar-refractivity contribution < 1.29 is 67.1 Å². The molecule has 0 spiro atoms. The highest BCUT2D eigenvalue weighted by Gasteiger charge is 2.57. The Labute approximate surface area is 282 Å². The van der Waals surface area contributed by atoms with Crippen LogP contribution in [0.3, 0.4) is 0 Å². The molecule has 1 aliphatic heterocycles. The van der Waals surface area contributed by atoms with E-state index < -0.39 is 107 Å². The number of barbiturate groups is 1. The highest BCUT2D eigenvalue weighted by Crippen LogP contribution is 2.43. The van der Waals surface area contributed by atoms with Gasteiger partial charge in [0.2, 0.25) is 11.8 Å². The topological polar surface area (TPSA) is 110 Å². The summed E-state index contributed by atoms with van der Waals surface area (Å²) in [5.41, 5.74) is -1.53. The van der Waals surface area contributed by atoms with Crippen LogP contribution < -0.4 is 11.5 Å². The number of rotatable bonds is 10. The van der Waals surface area contributed by atoms with Crippen molar-refractivity contribution in [2.75, 3.05) is 26.2 Å². The lowest BCUT2D eigenvalue weighted by molar-refractivity contribution is -0.159. The van der Waals surface area contributed by atoms with Crippen LogP contribution in [0.2, 0.25) is 0 Å². The minimum Gasteiger partial charge on any atom is -0.330 e. The quantitative estimate of drug-likeness (QED) is 0.203. The van der Waals surface area contributed by atoms with Crippen LogP contribution in [0, 0.1) is 5.41 Å². The number of urea groups is 1. The van der Waals surface area contributed by atoms with Gasteiger partial charge >= 0.3 is 30.7 Å². The largest absolute Gasteiger partial charge is 0.416 e. The summed E-state index contributed by atoms with van der Waals surface area (Å²) < 4.78 is 164. The number of carbonyl (C=O) groups excluding carboxylic acids is 3. The Hall–Kier alpha value is -3.29. The number of imide groups is 2. The van der Waals surface area contributed by atoms with Crippen LogP contribution >= 0.6 is 24.8 Å². The van der Waals surface area contributed by atoms with E-state index >= 15 is 0 Å². The molecule has 2 aromatic rings. The molecule has 2 aromatic carbocycles. The van der Waals surface area contributed by atoms with Crippen molar-refractivity contribution in [3.63, 3.8) is 0 Å². The van der Waals surface area contributed by atoms with Gasteiger partial charge in [-0.1, -0.05) is 0 Å². The Balaban J connectivity index is 0.00000600. The molecule has 1 heterocycles. The monoisotopic (exact) mass is 766 g/mol. The zero-order valence-corrected chi connectivity index (χ0v) is 26.4. The van der Waals surface area contributed by atoms with Crippen molar-refractivity contribution in [3.8, 4) is 0 Å². The molecule has 1 aliphatic rings. The normalized spacial score (nSPS) is 15.7. The number of alkyl halides is 12. The summed E-state index contributed by atoms with van der Waals surface area (Å²) >= 11 is 0. The highest BCUT2D eigenvalue weighted by molar-refractivity contribution is 6.19. The molecule has 0 unspecified atom stereocenters. The number of hydrogen-bond donors (Lipinski definition) is 2. The number of amides is 4. The molecular weight excluding hydrogens is 739 g/mol. The maximum Gasteiger partial charge on any atom is 0.416 e. The summed E-state index contributed by atoms with van der Waals surface area (Å²) in [7, 11) is 0. The Kier molecular flexibility index (Phi) is 14.0. The summed E-state index contributed by atoms with van der Waals surface area (Å²) in [6, 6.07) is -1.16. The maximum absolute atomic E-state index is 14.0. The summed E-state index contributed by atoms with van der Waals surface area (Å²) in [6.45, 7) is -1.47. The van der Waals surface area contributed by atoms with E-state index in [0.29, 0.717) is 9.80 Å². The number of nitrogens with two attached hydrogens (primary N) is 2. The number of benzene rings is 2. The molecule has 7 nitrogen and oxygen atoms in total. The lowest BCUT2D eigenvalue weighted by atomic mass is 9.72. The van der Waals surface area contributed by atoms with E-state index in [1.54, 1.807) is 0 Å². The van der Waals surface area contributed by atoms with Gasteiger partial charge in [0, 0.05) is 13.1 Å². The summed E-state index contributed by atoms with van der Waals surface area (Å²) in [5.74, 6) is -3.14. The third kappa shape index (κ3) is 9.91. The third-order valence-electron chi connectivity index (χ3n) is 7.25. The average molecular weight is 767 g/mol. The molecule has 276 valence electrons. The summed E-state index contributed by atoms with van der Waals surface area (Å²) in [5, 5.41) is 0. The van der Waals surface area contributed by atoms with Crippen LogP contribution in [-0.4, -0.2) is 53.8 Å². The van der Waals surface area contributed by atoms with E-state index in [-0.39, 0.29) is 87.1 Å². The molecule has 49 heavy (non-hydrogen) atoms. The molecule has 4 N–H and O–H groups in total. The predicted molar refractivity (Wildman–Crippen MR) is 153 cm³/mol. The molecule has 0 atom stereocenters. The van der Waals surface area contributed by atoms with Crippen molar-refractivity contribution in [3.05, 3.63) is 69.8 Å². The van der Waals surface area contributed by atoms with E-state index in [1.165, 1.54) is 0 Å². The average Bonchev–Trinajstić information content (AvgIpc) is 2.94. The number of nitrogens with zero attached hydrogens (tertiary/aromatic N) is 2. The van der Waals surface area contributed by atoms with Crippen molar-refractivity contribution >= 4 is 42.7 Å². The second-order valence-corrected chi connectivity index (χ2v) is 10.7. The van der Waals surface area contributed by atoms with Crippen LogP contribution in [0.15, 0.2) is 36.4 Å². The Bertz CT molecular complexity index is 1340. The zero-order valence-electron chi connectivity index (χ0n) is 24.7. The van der Waals surface area contributed by atoms with E-state index in [1.807, 2.05) is 0 Å². The molecule has 3 rings (SSSR count). The molecular formula is C28H28Cl2F12N4O3. The van der Waals surface area contributed by atoms with Gasteiger partial charge in [0.05, 0.1) is 22.3 Å². The first-order chi connectivity index (χ1) is 21.5. The second kappa shape index (κ2) is 15.7. The van der Waals surface area contributed by atoms with Crippen LogP contribution in [-0.2, 0) is 47.1 Å². The molecule has 1 saturated heterocycles. The first kappa shape index (κ1) is 43.7. The zero-order chi connectivity index (χ0) is 35.8. The van der Waals surface area contributed by atoms with Crippen LogP contribution in [0.4, 0.5) is 57.5 Å². The lowest BCUT2D eigenvalue weighted by Crippen LogP contribution is -2.67. The van der Waals surface area contributed by atoms with E-state index in [4.69, 9.17) is 11.5 Å². The Morgan fingerprint density at radius 3 is 1.00 bits per heavy atom. The van der Waals surface area contributed by atoms with Gasteiger partial charge in [-0.05, 0) is 86.3 Å². The minimum atomic E-state index is -5.40. The van der Waals surface area contributed by atoms with E-state index in [9.17, 15) is 67.1 Å². The standard InChI is InChI=1S/C28H26F12N4O3.2ClH/c29-25(30,31)17-7-15(8-18(11-17)26(32,33)34)13-24(14-16-9-19(27(35,36)37)12-20(10-16)28(38,39)40)21(45)43(5-1-3-41)23(47)44(22(24)46)6-2-4-42;;/h7-12H,1-6,13-14,41-42H2;2*1H. The second-order valence-electron chi connectivity index (χ2n) is 10.7. The fraction of sp³-hybridized carbons (Fsp3) is 0.464. The smallest absolute Gasteiger partial charge is 0.330 e. The minimum absolute atomic E-state index is 0. The van der Waals surface area contributed by atoms with Gasteiger partial charge in [0.1, 0.15) is 5.41 Å². The van der Waals surface area contributed by atoms with Gasteiger partial charge in [-0.25, -0.2) is 4.79 Å². The van der Waals surface area contributed by atoms with Crippen LogP contribution in [0.5, 0.6) is 0 Å². The van der Waals surface area contributed by atoms with E-state index in [0.717, 1.165) is 0 Å². The van der Waals surface area contributed by atoms with Crippen LogP contribution in [0.1, 0.15) is 46.2 Å². The van der Waals surface area contributed by atoms with Gasteiger partial charge in [-0.3, -0.25) is 19.4 Å². The van der Waals surface area contributed by atoms with Crippen molar-refractivity contribution in [1.82, 2.24) is 9.80 Å². The molecule has 0 bridgehead atoms. The number of halogens is 14. The summed E-state index contributed by atoms with van der Waals surface area (Å²) in [6.07, 6.45) is -24.7. The molecule has 0 radical (unpaired) electrons. The fourth-order valence-electron chi connectivity index (χ4n) is 5.13. The highest BCUT2D eigenvalue weighted by atomic mass is 35.5. The molecule has 0 aromatic heterocycles. The van der Waals surface area contributed by atoms with Crippen molar-refractivity contribution in [2.24, 2.45) is 16.9 Å². The first-order valence-corrected chi connectivity index (χ1v) is 13.6. The number of hydrogen-bond acceptors (Lipinski definition) is 5. The van der Waals surface area contributed by atoms with Crippen LogP contribution in [0.25, 0.3) is 0 Å². The van der Waals surface area contributed by atoms with E-state index in [2.05, 4.69) is 0 Å².